The van der Waals surface area contributed by atoms with Gasteiger partial charge in [-0.15, -0.1) is 11.3 Å². The minimum absolute atomic E-state index is 0.0363. The number of anilines is 3. The van der Waals surface area contributed by atoms with Crippen LogP contribution in [0.1, 0.15) is 24.2 Å². The van der Waals surface area contributed by atoms with Gasteiger partial charge in [0.15, 0.2) is 0 Å². The molecular formula is C17H17ClFN5O3S2. The molecule has 8 nitrogen and oxygen atoms in total. The van der Waals surface area contributed by atoms with E-state index in [1.54, 1.807) is 13.8 Å². The molecule has 0 aliphatic rings. The van der Waals surface area contributed by atoms with Gasteiger partial charge in [-0.3, -0.25) is 9.52 Å². The summed E-state index contributed by atoms with van der Waals surface area (Å²) in [6, 6.07) is 2.21. The van der Waals surface area contributed by atoms with E-state index in [-0.39, 0.29) is 39.4 Å². The zero-order valence-electron chi connectivity index (χ0n) is 15.4. The van der Waals surface area contributed by atoms with Gasteiger partial charge in [-0.05, 0) is 18.1 Å². The highest BCUT2D eigenvalue weighted by atomic mass is 35.5. The molecule has 1 amide bonds. The largest absolute Gasteiger partial charge is 0.382 e. The van der Waals surface area contributed by atoms with Crippen molar-refractivity contribution in [3.05, 3.63) is 40.2 Å². The first-order valence-corrected chi connectivity index (χ1v) is 11.3. The Morgan fingerprint density at radius 3 is 2.76 bits per heavy atom. The van der Waals surface area contributed by atoms with Gasteiger partial charge in [0.1, 0.15) is 18.0 Å². The first kappa shape index (κ1) is 21.2. The molecule has 0 bridgehead atoms. The van der Waals surface area contributed by atoms with Crippen molar-refractivity contribution in [3.8, 4) is 0 Å². The molecule has 4 N–H and O–H groups in total. The van der Waals surface area contributed by atoms with Crippen LogP contribution in [-0.4, -0.2) is 30.0 Å². The molecule has 3 rings (SSSR count). The number of fused-ring (bicyclic) bond motifs is 1. The summed E-state index contributed by atoms with van der Waals surface area (Å²) >= 11 is 7.36. The molecule has 29 heavy (non-hydrogen) atoms. The van der Waals surface area contributed by atoms with E-state index in [1.807, 2.05) is 0 Å². The van der Waals surface area contributed by atoms with E-state index in [0.717, 1.165) is 6.07 Å². The molecule has 0 atom stereocenters. The molecule has 3 aromatic rings. The lowest BCUT2D eigenvalue weighted by Crippen LogP contribution is -2.21. The van der Waals surface area contributed by atoms with Gasteiger partial charge in [0, 0.05) is 5.38 Å². The Morgan fingerprint density at radius 2 is 2.07 bits per heavy atom. The van der Waals surface area contributed by atoms with E-state index >= 15 is 0 Å². The van der Waals surface area contributed by atoms with Gasteiger partial charge in [-0.2, -0.15) is 0 Å². The number of sulfonamides is 1. The third-order valence-corrected chi connectivity index (χ3v) is 6.79. The molecule has 1 aromatic carbocycles. The van der Waals surface area contributed by atoms with Crippen LogP contribution in [0.2, 0.25) is 5.02 Å². The summed E-state index contributed by atoms with van der Waals surface area (Å²) in [5.74, 6) is -1.51. The van der Waals surface area contributed by atoms with E-state index in [2.05, 4.69) is 20.0 Å². The third kappa shape index (κ3) is 4.57. The first-order chi connectivity index (χ1) is 13.6. The standard InChI is InChI=1S/C17H17ClFN5O3S2/c1-8(2)6-29(26,27)24-11-4-3-10(19)14(12(11)18)23-17(25)9-5-28-15-13(9)21-7-22-16(15)20/h3-5,7-8,24H,6H2,1-2H3,(H,23,25)(H2,20,21,22). The molecule has 0 unspecified atom stereocenters. The van der Waals surface area contributed by atoms with Crippen molar-refractivity contribution >= 4 is 66.3 Å². The average molecular weight is 458 g/mol. The van der Waals surface area contributed by atoms with E-state index in [4.69, 9.17) is 17.3 Å². The topological polar surface area (TPSA) is 127 Å². The summed E-state index contributed by atoms with van der Waals surface area (Å²) in [5, 5.41) is 3.64. The van der Waals surface area contributed by atoms with E-state index < -0.39 is 21.7 Å². The summed E-state index contributed by atoms with van der Waals surface area (Å²) in [6.45, 7) is 3.50. The van der Waals surface area contributed by atoms with Crippen LogP contribution in [-0.2, 0) is 10.0 Å². The van der Waals surface area contributed by atoms with Gasteiger partial charge in [-0.25, -0.2) is 22.8 Å². The minimum Gasteiger partial charge on any atom is -0.382 e. The number of carbonyl (C=O) groups excluding carboxylic acids is 1. The molecule has 0 saturated carbocycles. The second kappa shape index (κ2) is 8.09. The number of thiophene rings is 1. The maximum atomic E-state index is 14.3. The molecule has 0 radical (unpaired) electrons. The summed E-state index contributed by atoms with van der Waals surface area (Å²) < 4.78 is 41.5. The monoisotopic (exact) mass is 457 g/mol. The highest BCUT2D eigenvalue weighted by Gasteiger charge is 2.22. The number of rotatable bonds is 6. The SMILES string of the molecule is CC(C)CS(=O)(=O)Nc1ccc(F)c(NC(=O)c2csc3c(N)ncnc23)c1Cl. The summed E-state index contributed by atoms with van der Waals surface area (Å²) in [6.07, 6.45) is 1.22. The molecule has 12 heteroatoms. The van der Waals surface area contributed by atoms with Crippen LogP contribution in [0, 0.1) is 11.7 Å². The van der Waals surface area contributed by atoms with Crippen LogP contribution in [0.15, 0.2) is 23.8 Å². The Bertz CT molecular complexity index is 1200. The van der Waals surface area contributed by atoms with Gasteiger partial charge in [-0.1, -0.05) is 25.4 Å². The Labute approximate surface area is 175 Å². The fourth-order valence-electron chi connectivity index (χ4n) is 2.60. The fourth-order valence-corrected chi connectivity index (χ4v) is 5.28. The zero-order valence-corrected chi connectivity index (χ0v) is 17.8. The van der Waals surface area contributed by atoms with E-state index in [0.29, 0.717) is 10.2 Å². The summed E-state index contributed by atoms with van der Waals surface area (Å²) in [4.78, 5) is 20.6. The van der Waals surface area contributed by atoms with Crippen molar-refractivity contribution in [2.75, 3.05) is 21.5 Å². The molecule has 0 spiro atoms. The first-order valence-electron chi connectivity index (χ1n) is 8.36. The minimum atomic E-state index is -3.69. The summed E-state index contributed by atoms with van der Waals surface area (Å²) in [5.41, 5.74) is 5.88. The molecule has 0 saturated heterocycles. The number of hydrogen-bond donors (Lipinski definition) is 3. The molecule has 2 heterocycles. The van der Waals surface area contributed by atoms with Gasteiger partial charge in [0.2, 0.25) is 10.0 Å². The molecule has 0 fully saturated rings. The van der Waals surface area contributed by atoms with Crippen LogP contribution in [0.25, 0.3) is 10.2 Å². The predicted molar refractivity (Wildman–Crippen MR) is 113 cm³/mol. The number of nitrogens with zero attached hydrogens (tertiary/aromatic N) is 2. The van der Waals surface area contributed by atoms with Gasteiger partial charge in [0.25, 0.3) is 5.91 Å². The van der Waals surface area contributed by atoms with Crippen molar-refractivity contribution < 1.29 is 17.6 Å². The Balaban J connectivity index is 1.92. The lowest BCUT2D eigenvalue weighted by atomic mass is 10.2. The number of aromatic nitrogens is 2. The van der Waals surface area contributed by atoms with Crippen molar-refractivity contribution in [1.82, 2.24) is 9.97 Å². The number of amides is 1. The van der Waals surface area contributed by atoms with Crippen LogP contribution < -0.4 is 15.8 Å². The smallest absolute Gasteiger partial charge is 0.258 e. The van der Waals surface area contributed by atoms with E-state index in [9.17, 15) is 17.6 Å². The second-order valence-corrected chi connectivity index (χ2v) is 9.63. The number of halogens is 2. The Kier molecular flexibility index (Phi) is 5.92. The molecule has 0 aliphatic carbocycles. The highest BCUT2D eigenvalue weighted by molar-refractivity contribution is 7.92. The van der Waals surface area contributed by atoms with Crippen LogP contribution in [0.3, 0.4) is 0 Å². The van der Waals surface area contributed by atoms with Crippen molar-refractivity contribution in [3.63, 3.8) is 0 Å². The number of nitrogens with two attached hydrogens (primary N) is 1. The number of nitrogens with one attached hydrogen (secondary N) is 2. The van der Waals surface area contributed by atoms with Gasteiger partial charge < -0.3 is 11.1 Å². The number of nitrogen functional groups attached to an aromatic ring is 1. The van der Waals surface area contributed by atoms with Gasteiger partial charge in [0.05, 0.1) is 37.9 Å². The number of carbonyl (C=O) groups is 1. The Morgan fingerprint density at radius 1 is 1.34 bits per heavy atom. The third-order valence-electron chi connectivity index (χ3n) is 3.77. The summed E-state index contributed by atoms with van der Waals surface area (Å²) in [7, 11) is -3.69. The number of benzene rings is 1. The maximum Gasteiger partial charge on any atom is 0.258 e. The predicted octanol–water partition coefficient (Wildman–Crippen LogP) is 3.72. The molecule has 154 valence electrons. The van der Waals surface area contributed by atoms with Crippen LogP contribution in [0.5, 0.6) is 0 Å². The Hall–Kier alpha value is -2.50. The quantitative estimate of drug-likeness (QED) is 0.517. The normalized spacial score (nSPS) is 11.8. The van der Waals surface area contributed by atoms with E-state index in [1.165, 1.54) is 29.1 Å². The van der Waals surface area contributed by atoms with Crippen molar-refractivity contribution in [2.24, 2.45) is 5.92 Å². The van der Waals surface area contributed by atoms with Gasteiger partial charge >= 0.3 is 0 Å². The molecule has 2 aromatic heterocycles. The van der Waals surface area contributed by atoms with Crippen molar-refractivity contribution in [1.29, 1.82) is 0 Å². The molecule has 0 aliphatic heterocycles. The zero-order chi connectivity index (χ0) is 21.3. The van der Waals surface area contributed by atoms with Crippen LogP contribution in [0.4, 0.5) is 21.6 Å². The lowest BCUT2D eigenvalue weighted by molar-refractivity contribution is 0.102. The average Bonchev–Trinajstić information content (AvgIpc) is 3.05. The maximum absolute atomic E-state index is 14.3. The van der Waals surface area contributed by atoms with Crippen LogP contribution >= 0.6 is 22.9 Å². The highest BCUT2D eigenvalue weighted by Crippen LogP contribution is 2.35. The van der Waals surface area contributed by atoms with Crippen molar-refractivity contribution in [2.45, 2.75) is 13.8 Å². The fraction of sp³-hybridized carbons (Fsp3) is 0.235. The second-order valence-electron chi connectivity index (χ2n) is 6.60. The lowest BCUT2D eigenvalue weighted by Gasteiger charge is -2.14. The molecular weight excluding hydrogens is 441 g/mol. The number of hydrogen-bond acceptors (Lipinski definition) is 7.